The van der Waals surface area contributed by atoms with Crippen LogP contribution in [0.15, 0.2) is 91.5 Å². The first-order valence-electron chi connectivity index (χ1n) is 12.0. The maximum atomic E-state index is 5.93. The molecule has 0 aliphatic carbocycles. The van der Waals surface area contributed by atoms with Crippen LogP contribution in [0.1, 0.15) is 29.2 Å². The van der Waals surface area contributed by atoms with Gasteiger partial charge in [0.25, 0.3) is 0 Å². The van der Waals surface area contributed by atoms with Crippen LogP contribution in [0, 0.1) is 0 Å². The highest BCUT2D eigenvalue weighted by Gasteiger charge is 2.09. The standard InChI is InChI=1S/C30H37NO3/c1-3-27-14-16-30(17-15-27)25-33-20-21-34-26(2)24-32-19-18-31(22-28-10-6-4-7-11-28)23-29-12-8-5-9-13-29/h3-17,26H,1,18-25H2,2H3. The number of benzene rings is 3. The Morgan fingerprint density at radius 1 is 0.735 bits per heavy atom. The fourth-order valence-corrected chi connectivity index (χ4v) is 3.64. The lowest BCUT2D eigenvalue weighted by Crippen LogP contribution is -2.28. The number of ether oxygens (including phenoxy) is 3. The van der Waals surface area contributed by atoms with E-state index in [1.165, 1.54) is 11.1 Å². The quantitative estimate of drug-likeness (QED) is 0.247. The van der Waals surface area contributed by atoms with Crippen LogP contribution in [0.4, 0.5) is 0 Å². The maximum absolute atomic E-state index is 5.93. The molecule has 34 heavy (non-hydrogen) atoms. The number of hydrogen-bond donors (Lipinski definition) is 0. The Labute approximate surface area is 204 Å². The van der Waals surface area contributed by atoms with Crippen LogP contribution in [0.25, 0.3) is 6.08 Å². The minimum atomic E-state index is 0.0344. The number of hydrogen-bond acceptors (Lipinski definition) is 4. The molecule has 0 radical (unpaired) electrons. The Hall–Kier alpha value is -2.76. The highest BCUT2D eigenvalue weighted by molar-refractivity contribution is 5.47. The third kappa shape index (κ3) is 10.0. The highest BCUT2D eigenvalue weighted by Crippen LogP contribution is 2.10. The summed E-state index contributed by atoms with van der Waals surface area (Å²) >= 11 is 0. The Morgan fingerprint density at radius 2 is 1.35 bits per heavy atom. The largest absolute Gasteiger partial charge is 0.377 e. The second-order valence-corrected chi connectivity index (χ2v) is 8.44. The third-order valence-electron chi connectivity index (χ3n) is 5.52. The van der Waals surface area contributed by atoms with Gasteiger partial charge in [0.2, 0.25) is 0 Å². The van der Waals surface area contributed by atoms with Gasteiger partial charge in [-0.05, 0) is 29.2 Å². The van der Waals surface area contributed by atoms with Crippen LogP contribution < -0.4 is 0 Å². The molecule has 0 aromatic heterocycles. The predicted octanol–water partition coefficient (Wildman–Crippen LogP) is 5.97. The Kier molecular flexibility index (Phi) is 11.6. The summed E-state index contributed by atoms with van der Waals surface area (Å²) in [5, 5.41) is 0. The molecule has 4 nitrogen and oxygen atoms in total. The zero-order chi connectivity index (χ0) is 23.8. The van der Waals surface area contributed by atoms with Crippen molar-refractivity contribution in [2.45, 2.75) is 32.7 Å². The van der Waals surface area contributed by atoms with Crippen molar-refractivity contribution < 1.29 is 14.2 Å². The van der Waals surface area contributed by atoms with Crippen LogP contribution in [-0.4, -0.2) is 44.0 Å². The van der Waals surface area contributed by atoms with Gasteiger partial charge in [-0.1, -0.05) is 97.6 Å². The minimum Gasteiger partial charge on any atom is -0.377 e. The molecule has 0 amide bonds. The normalized spacial score (nSPS) is 12.1. The molecule has 0 spiro atoms. The average Bonchev–Trinajstić information content (AvgIpc) is 2.88. The molecule has 0 bridgehead atoms. The van der Waals surface area contributed by atoms with Gasteiger partial charge >= 0.3 is 0 Å². The topological polar surface area (TPSA) is 30.9 Å². The second kappa shape index (κ2) is 15.2. The molecule has 3 aromatic carbocycles. The van der Waals surface area contributed by atoms with Crippen molar-refractivity contribution >= 4 is 6.08 Å². The van der Waals surface area contributed by atoms with Crippen molar-refractivity contribution in [3.63, 3.8) is 0 Å². The monoisotopic (exact) mass is 459 g/mol. The molecule has 1 atom stereocenters. The van der Waals surface area contributed by atoms with Gasteiger partial charge in [0.1, 0.15) is 0 Å². The summed E-state index contributed by atoms with van der Waals surface area (Å²) in [6.07, 6.45) is 1.87. The lowest BCUT2D eigenvalue weighted by molar-refractivity contribution is -0.0351. The first kappa shape index (κ1) is 25.9. The van der Waals surface area contributed by atoms with E-state index in [9.17, 15) is 0 Å². The zero-order valence-corrected chi connectivity index (χ0v) is 20.3. The number of nitrogens with zero attached hydrogens (tertiary/aromatic N) is 1. The summed E-state index contributed by atoms with van der Waals surface area (Å²) in [4.78, 5) is 2.42. The third-order valence-corrected chi connectivity index (χ3v) is 5.52. The molecule has 4 heteroatoms. The van der Waals surface area contributed by atoms with Gasteiger partial charge in [-0.15, -0.1) is 0 Å². The van der Waals surface area contributed by atoms with E-state index in [0.717, 1.165) is 30.8 Å². The van der Waals surface area contributed by atoms with E-state index in [0.29, 0.717) is 33.0 Å². The molecule has 0 aliphatic heterocycles. The Morgan fingerprint density at radius 3 is 1.94 bits per heavy atom. The first-order chi connectivity index (χ1) is 16.7. The van der Waals surface area contributed by atoms with Crippen molar-refractivity contribution in [3.05, 3.63) is 114 Å². The summed E-state index contributed by atoms with van der Waals surface area (Å²) in [5.41, 5.74) is 4.89. The minimum absolute atomic E-state index is 0.0344. The summed E-state index contributed by atoms with van der Waals surface area (Å²) in [6, 6.07) is 29.4. The van der Waals surface area contributed by atoms with Crippen LogP contribution in [-0.2, 0) is 33.9 Å². The SMILES string of the molecule is C=Cc1ccc(COCCOC(C)COCCN(Cc2ccccc2)Cc2ccccc2)cc1. The van der Waals surface area contributed by atoms with Gasteiger partial charge in [-0.2, -0.15) is 0 Å². The molecule has 0 N–H and O–H groups in total. The fraction of sp³-hybridized carbons (Fsp3) is 0.333. The molecule has 0 fully saturated rings. The van der Waals surface area contributed by atoms with Crippen molar-refractivity contribution in [1.82, 2.24) is 4.90 Å². The highest BCUT2D eigenvalue weighted by atomic mass is 16.5. The smallest absolute Gasteiger partial charge is 0.0781 e. The molecule has 3 rings (SSSR count). The molecule has 180 valence electrons. The van der Waals surface area contributed by atoms with Crippen molar-refractivity contribution in [3.8, 4) is 0 Å². The van der Waals surface area contributed by atoms with Gasteiger partial charge in [0, 0.05) is 19.6 Å². The van der Waals surface area contributed by atoms with E-state index in [1.54, 1.807) is 0 Å². The molecular formula is C30H37NO3. The van der Waals surface area contributed by atoms with Gasteiger partial charge < -0.3 is 14.2 Å². The molecule has 1 unspecified atom stereocenters. The van der Waals surface area contributed by atoms with Crippen LogP contribution in [0.2, 0.25) is 0 Å². The summed E-state index contributed by atoms with van der Waals surface area (Å²) in [5.74, 6) is 0. The first-order valence-corrected chi connectivity index (χ1v) is 12.0. The van der Waals surface area contributed by atoms with E-state index in [1.807, 2.05) is 25.1 Å². The average molecular weight is 460 g/mol. The van der Waals surface area contributed by atoms with Gasteiger partial charge in [-0.3, -0.25) is 4.90 Å². The number of rotatable bonds is 16. The summed E-state index contributed by atoms with van der Waals surface area (Å²) in [7, 11) is 0. The molecule has 0 heterocycles. The van der Waals surface area contributed by atoms with E-state index >= 15 is 0 Å². The van der Waals surface area contributed by atoms with Gasteiger partial charge in [-0.25, -0.2) is 0 Å². The predicted molar refractivity (Wildman–Crippen MR) is 139 cm³/mol. The molecule has 0 aliphatic rings. The van der Waals surface area contributed by atoms with Crippen LogP contribution in [0.3, 0.4) is 0 Å². The van der Waals surface area contributed by atoms with Crippen LogP contribution in [0.5, 0.6) is 0 Å². The summed E-state index contributed by atoms with van der Waals surface area (Å²) < 4.78 is 17.5. The zero-order valence-electron chi connectivity index (χ0n) is 20.3. The Balaban J connectivity index is 1.30. The van der Waals surface area contributed by atoms with Gasteiger partial charge in [0.15, 0.2) is 0 Å². The molecular weight excluding hydrogens is 422 g/mol. The molecule has 0 saturated carbocycles. The van der Waals surface area contributed by atoms with E-state index < -0.39 is 0 Å². The van der Waals surface area contributed by atoms with E-state index in [2.05, 4.69) is 84.3 Å². The van der Waals surface area contributed by atoms with Crippen LogP contribution >= 0.6 is 0 Å². The van der Waals surface area contributed by atoms with E-state index in [-0.39, 0.29) is 6.10 Å². The summed E-state index contributed by atoms with van der Waals surface area (Å²) in [6.45, 7) is 11.4. The molecule has 0 saturated heterocycles. The van der Waals surface area contributed by atoms with Crippen molar-refractivity contribution in [1.29, 1.82) is 0 Å². The second-order valence-electron chi connectivity index (χ2n) is 8.44. The Bertz CT molecular complexity index is 887. The molecule has 3 aromatic rings. The maximum Gasteiger partial charge on any atom is 0.0781 e. The van der Waals surface area contributed by atoms with E-state index in [4.69, 9.17) is 14.2 Å². The van der Waals surface area contributed by atoms with Gasteiger partial charge in [0.05, 0.1) is 39.1 Å². The van der Waals surface area contributed by atoms with Crippen molar-refractivity contribution in [2.75, 3.05) is 33.0 Å². The lowest BCUT2D eigenvalue weighted by Gasteiger charge is -2.23. The van der Waals surface area contributed by atoms with Crippen molar-refractivity contribution in [2.24, 2.45) is 0 Å². The fourth-order valence-electron chi connectivity index (χ4n) is 3.64. The lowest BCUT2D eigenvalue weighted by atomic mass is 10.1.